The Labute approximate surface area is 110 Å². The van der Waals surface area contributed by atoms with Crippen LogP contribution in [0.25, 0.3) is 0 Å². The molecular formula is C16H35N. The maximum Gasteiger partial charge on any atom is 0.0118 e. The second-order valence-electron chi connectivity index (χ2n) is 7.98. The van der Waals surface area contributed by atoms with Gasteiger partial charge in [0.2, 0.25) is 0 Å². The first-order valence-corrected chi connectivity index (χ1v) is 7.29. The number of nitrogens with one attached hydrogen (secondary N) is 1. The number of hydrogen-bond donors (Lipinski definition) is 1. The van der Waals surface area contributed by atoms with Gasteiger partial charge in [0.15, 0.2) is 0 Å². The third-order valence-electron chi connectivity index (χ3n) is 3.29. The van der Waals surface area contributed by atoms with E-state index in [0.717, 1.165) is 12.5 Å². The molecule has 0 spiro atoms. The monoisotopic (exact) mass is 241 g/mol. The maximum absolute atomic E-state index is 3.73. The fourth-order valence-corrected chi connectivity index (χ4v) is 2.59. The van der Waals surface area contributed by atoms with E-state index in [9.17, 15) is 0 Å². The fraction of sp³-hybridized carbons (Fsp3) is 1.00. The second-order valence-corrected chi connectivity index (χ2v) is 7.98. The largest absolute Gasteiger partial charge is 0.313 e. The Morgan fingerprint density at radius 1 is 1.00 bits per heavy atom. The van der Waals surface area contributed by atoms with E-state index in [1.807, 2.05) is 0 Å². The molecule has 0 heterocycles. The van der Waals surface area contributed by atoms with Gasteiger partial charge in [-0.15, -0.1) is 0 Å². The molecule has 0 saturated heterocycles. The van der Waals surface area contributed by atoms with E-state index in [1.54, 1.807) is 0 Å². The smallest absolute Gasteiger partial charge is 0.0118 e. The van der Waals surface area contributed by atoms with Crippen LogP contribution in [-0.4, -0.2) is 12.6 Å². The van der Waals surface area contributed by atoms with Gasteiger partial charge >= 0.3 is 0 Å². The molecule has 2 unspecified atom stereocenters. The molecule has 17 heavy (non-hydrogen) atoms. The third kappa shape index (κ3) is 8.65. The summed E-state index contributed by atoms with van der Waals surface area (Å²) in [5, 5.41) is 3.73. The van der Waals surface area contributed by atoms with Crippen molar-refractivity contribution in [2.75, 3.05) is 6.54 Å². The molecule has 0 aromatic carbocycles. The maximum atomic E-state index is 3.73. The molecule has 0 aromatic heterocycles. The molecule has 2 atom stereocenters. The van der Waals surface area contributed by atoms with E-state index in [-0.39, 0.29) is 0 Å². The molecule has 0 rings (SSSR count). The zero-order chi connectivity index (χ0) is 13.7. The van der Waals surface area contributed by atoms with Gasteiger partial charge in [0, 0.05) is 6.04 Å². The van der Waals surface area contributed by atoms with Gasteiger partial charge in [-0.3, -0.25) is 0 Å². The summed E-state index contributed by atoms with van der Waals surface area (Å²) in [5.41, 5.74) is 0.813. The average Bonchev–Trinajstić information content (AvgIpc) is 2.07. The molecular weight excluding hydrogens is 206 g/mol. The van der Waals surface area contributed by atoms with Crippen molar-refractivity contribution < 1.29 is 0 Å². The molecule has 0 saturated carbocycles. The quantitative estimate of drug-likeness (QED) is 0.700. The first-order chi connectivity index (χ1) is 7.56. The summed E-state index contributed by atoms with van der Waals surface area (Å²) in [6, 6.07) is 0.639. The highest BCUT2D eigenvalue weighted by molar-refractivity contribution is 4.83. The Morgan fingerprint density at radius 2 is 1.53 bits per heavy atom. The first-order valence-electron chi connectivity index (χ1n) is 7.29. The van der Waals surface area contributed by atoms with Crippen molar-refractivity contribution in [2.24, 2.45) is 16.7 Å². The van der Waals surface area contributed by atoms with Crippen LogP contribution in [0.5, 0.6) is 0 Å². The summed E-state index contributed by atoms with van der Waals surface area (Å²) in [5.74, 6) is 0.795. The minimum atomic E-state index is 0.362. The van der Waals surface area contributed by atoms with Crippen LogP contribution in [0.15, 0.2) is 0 Å². The number of hydrogen-bond acceptors (Lipinski definition) is 1. The van der Waals surface area contributed by atoms with Crippen LogP contribution in [0.2, 0.25) is 0 Å². The highest BCUT2D eigenvalue weighted by atomic mass is 14.9. The molecule has 1 nitrogen and oxygen atoms in total. The summed E-state index contributed by atoms with van der Waals surface area (Å²) < 4.78 is 0. The summed E-state index contributed by atoms with van der Waals surface area (Å²) in [6.45, 7) is 19.9. The van der Waals surface area contributed by atoms with E-state index < -0.39 is 0 Å². The zero-order valence-electron chi connectivity index (χ0n) is 13.5. The predicted molar refractivity (Wildman–Crippen MR) is 79.4 cm³/mol. The van der Waals surface area contributed by atoms with Crippen LogP contribution in [0.4, 0.5) is 0 Å². The SMILES string of the molecule is CCCNC(CC(C)CC(C)(C)C)C(C)(C)C. The van der Waals surface area contributed by atoms with Crippen molar-refractivity contribution in [1.82, 2.24) is 5.32 Å². The van der Waals surface area contributed by atoms with Crippen LogP contribution in [0.3, 0.4) is 0 Å². The highest BCUT2D eigenvalue weighted by Gasteiger charge is 2.27. The molecule has 0 aliphatic carbocycles. The summed E-state index contributed by atoms with van der Waals surface area (Å²) >= 11 is 0. The molecule has 0 amide bonds. The van der Waals surface area contributed by atoms with Gasteiger partial charge in [0.1, 0.15) is 0 Å². The predicted octanol–water partition coefficient (Wildman–Crippen LogP) is 4.86. The minimum absolute atomic E-state index is 0.362. The molecule has 0 fully saturated rings. The number of rotatable bonds is 6. The van der Waals surface area contributed by atoms with Gasteiger partial charge in [-0.1, -0.05) is 55.4 Å². The van der Waals surface area contributed by atoms with Crippen molar-refractivity contribution in [3.05, 3.63) is 0 Å². The molecule has 0 aliphatic heterocycles. The second kappa shape index (κ2) is 6.78. The van der Waals surface area contributed by atoms with Gasteiger partial charge in [0.25, 0.3) is 0 Å². The lowest BCUT2D eigenvalue weighted by atomic mass is 9.77. The van der Waals surface area contributed by atoms with Gasteiger partial charge < -0.3 is 5.32 Å². The molecule has 0 aromatic rings. The standard InChI is InChI=1S/C16H35N/c1-9-10-17-14(16(6,7)8)11-13(2)12-15(3,4)5/h13-14,17H,9-12H2,1-8H3. The summed E-state index contributed by atoms with van der Waals surface area (Å²) in [6.07, 6.45) is 3.83. The molecule has 104 valence electrons. The third-order valence-corrected chi connectivity index (χ3v) is 3.29. The normalized spacial score (nSPS) is 16.9. The van der Waals surface area contributed by atoms with Crippen LogP contribution in [0.1, 0.15) is 74.7 Å². The fourth-order valence-electron chi connectivity index (χ4n) is 2.59. The molecule has 1 N–H and O–H groups in total. The van der Waals surface area contributed by atoms with Crippen LogP contribution < -0.4 is 5.32 Å². The Morgan fingerprint density at radius 3 is 1.88 bits per heavy atom. The zero-order valence-corrected chi connectivity index (χ0v) is 13.5. The van der Waals surface area contributed by atoms with Crippen molar-refractivity contribution in [3.63, 3.8) is 0 Å². The first kappa shape index (κ1) is 17.0. The molecule has 1 heteroatoms. The Balaban J connectivity index is 4.33. The van der Waals surface area contributed by atoms with Crippen molar-refractivity contribution >= 4 is 0 Å². The van der Waals surface area contributed by atoms with E-state index in [0.29, 0.717) is 16.9 Å². The Kier molecular flexibility index (Phi) is 6.76. The Hall–Kier alpha value is -0.0400. The van der Waals surface area contributed by atoms with E-state index in [4.69, 9.17) is 0 Å². The van der Waals surface area contributed by atoms with E-state index in [2.05, 4.69) is 60.7 Å². The minimum Gasteiger partial charge on any atom is -0.313 e. The van der Waals surface area contributed by atoms with Crippen LogP contribution in [0, 0.1) is 16.7 Å². The lowest BCUT2D eigenvalue weighted by molar-refractivity contribution is 0.202. The van der Waals surface area contributed by atoms with E-state index in [1.165, 1.54) is 19.3 Å². The van der Waals surface area contributed by atoms with E-state index >= 15 is 0 Å². The lowest BCUT2D eigenvalue weighted by Crippen LogP contribution is -2.42. The van der Waals surface area contributed by atoms with Gasteiger partial charge in [-0.25, -0.2) is 0 Å². The van der Waals surface area contributed by atoms with Gasteiger partial charge in [-0.2, -0.15) is 0 Å². The lowest BCUT2D eigenvalue weighted by Gasteiger charge is -2.35. The Bertz CT molecular complexity index is 195. The highest BCUT2D eigenvalue weighted by Crippen LogP contribution is 2.31. The molecule has 0 bridgehead atoms. The van der Waals surface area contributed by atoms with Gasteiger partial charge in [-0.05, 0) is 42.6 Å². The van der Waals surface area contributed by atoms with Crippen LogP contribution >= 0.6 is 0 Å². The summed E-state index contributed by atoms with van der Waals surface area (Å²) in [7, 11) is 0. The molecule has 0 aliphatic rings. The summed E-state index contributed by atoms with van der Waals surface area (Å²) in [4.78, 5) is 0. The van der Waals surface area contributed by atoms with Crippen molar-refractivity contribution in [2.45, 2.75) is 80.7 Å². The molecule has 0 radical (unpaired) electrons. The van der Waals surface area contributed by atoms with Crippen molar-refractivity contribution in [3.8, 4) is 0 Å². The van der Waals surface area contributed by atoms with Crippen LogP contribution in [-0.2, 0) is 0 Å². The topological polar surface area (TPSA) is 12.0 Å². The van der Waals surface area contributed by atoms with Crippen molar-refractivity contribution in [1.29, 1.82) is 0 Å². The van der Waals surface area contributed by atoms with Gasteiger partial charge in [0.05, 0.1) is 0 Å². The average molecular weight is 241 g/mol.